The van der Waals surface area contributed by atoms with Crippen LogP contribution < -0.4 is 5.32 Å². The summed E-state index contributed by atoms with van der Waals surface area (Å²) in [5, 5.41) is 3.58. The second-order valence-electron chi connectivity index (χ2n) is 6.62. The van der Waals surface area contributed by atoms with Gasteiger partial charge < -0.3 is 5.32 Å². The number of piperidine rings is 1. The van der Waals surface area contributed by atoms with Crippen LogP contribution in [0.25, 0.3) is 0 Å². The summed E-state index contributed by atoms with van der Waals surface area (Å²) in [6.07, 6.45) is 8.66. The lowest BCUT2D eigenvalue weighted by molar-refractivity contribution is 0.000640. The Morgan fingerprint density at radius 2 is 2.00 bits per heavy atom. The zero-order valence-electron chi connectivity index (χ0n) is 10.7. The Balaban J connectivity index is 2.14. The Hall–Kier alpha value is -0.0400. The van der Waals surface area contributed by atoms with Gasteiger partial charge >= 0.3 is 0 Å². The molecule has 1 heteroatoms. The molecule has 0 amide bonds. The maximum Gasteiger partial charge on any atom is -0.00153 e. The average Bonchev–Trinajstić information content (AvgIpc) is 2.16. The molecule has 0 radical (unpaired) electrons. The maximum absolute atomic E-state index is 3.58. The van der Waals surface area contributed by atoms with Gasteiger partial charge in [-0.1, -0.05) is 33.6 Å². The summed E-state index contributed by atoms with van der Waals surface area (Å²) in [7, 11) is 0. The van der Waals surface area contributed by atoms with Gasteiger partial charge in [-0.15, -0.1) is 0 Å². The van der Waals surface area contributed by atoms with Crippen LogP contribution >= 0.6 is 0 Å². The molecule has 2 aliphatic rings. The minimum absolute atomic E-state index is 0.600. The summed E-state index contributed by atoms with van der Waals surface area (Å²) in [6.45, 7) is 9.85. The molecule has 2 rings (SSSR count). The van der Waals surface area contributed by atoms with Crippen LogP contribution in [0.4, 0.5) is 0 Å². The van der Waals surface area contributed by atoms with Crippen molar-refractivity contribution >= 4 is 0 Å². The lowest BCUT2D eigenvalue weighted by Gasteiger charge is -2.52. The highest BCUT2D eigenvalue weighted by molar-refractivity contribution is 4.97. The van der Waals surface area contributed by atoms with Crippen LogP contribution in [0.3, 0.4) is 0 Å². The number of hydrogen-bond acceptors (Lipinski definition) is 1. The molecule has 1 N–H and O–H groups in total. The molecule has 0 bridgehead atoms. The molecule has 2 unspecified atom stereocenters. The van der Waals surface area contributed by atoms with Crippen LogP contribution in [0.2, 0.25) is 0 Å². The summed E-state index contributed by atoms with van der Waals surface area (Å²) in [5.41, 5.74) is 1.30. The fourth-order valence-corrected chi connectivity index (χ4v) is 4.22. The Morgan fingerprint density at radius 1 is 1.20 bits per heavy atom. The Labute approximate surface area is 95.0 Å². The highest BCUT2D eigenvalue weighted by Crippen LogP contribution is 2.53. The van der Waals surface area contributed by atoms with Gasteiger partial charge in [0.05, 0.1) is 0 Å². The summed E-state index contributed by atoms with van der Waals surface area (Å²) < 4.78 is 0. The molecule has 1 spiro atoms. The molecule has 0 aromatic rings. The van der Waals surface area contributed by atoms with Gasteiger partial charge in [0.15, 0.2) is 0 Å². The van der Waals surface area contributed by atoms with E-state index in [1.54, 1.807) is 0 Å². The third kappa shape index (κ3) is 2.22. The standard InChI is InChI=1S/C14H27N/c1-4-12-10-15-9-8-14(12)7-5-6-13(2,3)11-14/h12,15H,4-11H2,1-3H3. The molecule has 1 aliphatic carbocycles. The van der Waals surface area contributed by atoms with E-state index < -0.39 is 0 Å². The van der Waals surface area contributed by atoms with Gasteiger partial charge in [-0.2, -0.15) is 0 Å². The van der Waals surface area contributed by atoms with Gasteiger partial charge in [0.2, 0.25) is 0 Å². The van der Waals surface area contributed by atoms with E-state index in [0.29, 0.717) is 10.8 Å². The molecule has 0 aromatic carbocycles. The maximum atomic E-state index is 3.58. The van der Waals surface area contributed by atoms with Crippen molar-refractivity contribution in [3.63, 3.8) is 0 Å². The third-order valence-corrected chi connectivity index (χ3v) is 4.91. The lowest BCUT2D eigenvalue weighted by atomic mass is 9.56. The van der Waals surface area contributed by atoms with Crippen molar-refractivity contribution in [3.05, 3.63) is 0 Å². The van der Waals surface area contributed by atoms with Crippen LogP contribution in [0.15, 0.2) is 0 Å². The third-order valence-electron chi connectivity index (χ3n) is 4.91. The molecule has 0 aromatic heterocycles. The molecule has 1 saturated heterocycles. The molecular formula is C14H27N. The molecule has 1 saturated carbocycles. The van der Waals surface area contributed by atoms with Crippen molar-refractivity contribution in [1.82, 2.24) is 5.32 Å². The van der Waals surface area contributed by atoms with E-state index in [4.69, 9.17) is 0 Å². The van der Waals surface area contributed by atoms with Crippen molar-refractivity contribution in [2.45, 2.75) is 59.3 Å². The van der Waals surface area contributed by atoms with Crippen LogP contribution in [0.1, 0.15) is 59.3 Å². The smallest absolute Gasteiger partial charge is 0.00153 e. The minimum atomic E-state index is 0.600. The molecular weight excluding hydrogens is 182 g/mol. The molecule has 2 fully saturated rings. The van der Waals surface area contributed by atoms with E-state index in [2.05, 4.69) is 26.1 Å². The van der Waals surface area contributed by atoms with Crippen molar-refractivity contribution in [3.8, 4) is 0 Å². The van der Waals surface area contributed by atoms with Crippen molar-refractivity contribution in [1.29, 1.82) is 0 Å². The number of hydrogen-bond donors (Lipinski definition) is 1. The minimum Gasteiger partial charge on any atom is -0.316 e. The molecule has 1 aliphatic heterocycles. The van der Waals surface area contributed by atoms with Crippen molar-refractivity contribution < 1.29 is 0 Å². The van der Waals surface area contributed by atoms with Gasteiger partial charge in [-0.3, -0.25) is 0 Å². The van der Waals surface area contributed by atoms with E-state index >= 15 is 0 Å². The topological polar surface area (TPSA) is 12.0 Å². The van der Waals surface area contributed by atoms with E-state index in [9.17, 15) is 0 Å². The molecule has 1 nitrogen and oxygen atoms in total. The van der Waals surface area contributed by atoms with Crippen LogP contribution in [0.5, 0.6) is 0 Å². The summed E-state index contributed by atoms with van der Waals surface area (Å²) in [4.78, 5) is 0. The Kier molecular flexibility index (Phi) is 3.12. The van der Waals surface area contributed by atoms with E-state index in [1.165, 1.54) is 51.6 Å². The molecule has 2 atom stereocenters. The second-order valence-corrected chi connectivity index (χ2v) is 6.62. The predicted molar refractivity (Wildman–Crippen MR) is 65.9 cm³/mol. The van der Waals surface area contributed by atoms with Gasteiger partial charge in [-0.05, 0) is 55.5 Å². The largest absolute Gasteiger partial charge is 0.316 e. The zero-order valence-corrected chi connectivity index (χ0v) is 10.7. The highest BCUT2D eigenvalue weighted by atomic mass is 14.9. The summed E-state index contributed by atoms with van der Waals surface area (Å²) >= 11 is 0. The molecule has 88 valence electrons. The zero-order chi connectivity index (χ0) is 10.9. The molecule has 1 heterocycles. The van der Waals surface area contributed by atoms with Crippen LogP contribution in [-0.4, -0.2) is 13.1 Å². The quantitative estimate of drug-likeness (QED) is 0.696. The van der Waals surface area contributed by atoms with Crippen molar-refractivity contribution in [2.24, 2.45) is 16.7 Å². The van der Waals surface area contributed by atoms with Gasteiger partial charge in [-0.25, -0.2) is 0 Å². The van der Waals surface area contributed by atoms with Crippen molar-refractivity contribution in [2.75, 3.05) is 13.1 Å². The van der Waals surface area contributed by atoms with Gasteiger partial charge in [0.1, 0.15) is 0 Å². The number of rotatable bonds is 1. The summed E-state index contributed by atoms with van der Waals surface area (Å²) in [5.74, 6) is 0.936. The monoisotopic (exact) mass is 209 g/mol. The molecule has 15 heavy (non-hydrogen) atoms. The number of nitrogens with one attached hydrogen (secondary N) is 1. The summed E-state index contributed by atoms with van der Waals surface area (Å²) in [6, 6.07) is 0. The van der Waals surface area contributed by atoms with E-state index in [-0.39, 0.29) is 0 Å². The van der Waals surface area contributed by atoms with Crippen LogP contribution in [0, 0.1) is 16.7 Å². The SMILES string of the molecule is CCC1CNCCC12CCCC(C)(C)C2. The van der Waals surface area contributed by atoms with Gasteiger partial charge in [0, 0.05) is 0 Å². The second kappa shape index (κ2) is 4.08. The average molecular weight is 209 g/mol. The van der Waals surface area contributed by atoms with E-state index in [1.807, 2.05) is 0 Å². The van der Waals surface area contributed by atoms with Gasteiger partial charge in [0.25, 0.3) is 0 Å². The highest BCUT2D eigenvalue weighted by Gasteiger charge is 2.45. The first-order valence-corrected chi connectivity index (χ1v) is 6.79. The first-order chi connectivity index (χ1) is 7.08. The Bertz CT molecular complexity index is 217. The predicted octanol–water partition coefficient (Wildman–Crippen LogP) is 3.59. The van der Waals surface area contributed by atoms with Crippen LogP contribution in [-0.2, 0) is 0 Å². The first kappa shape index (κ1) is 11.4. The first-order valence-electron chi connectivity index (χ1n) is 6.79. The van der Waals surface area contributed by atoms with E-state index in [0.717, 1.165) is 5.92 Å². The Morgan fingerprint density at radius 3 is 2.67 bits per heavy atom. The normalized spacial score (nSPS) is 40.6. The fraction of sp³-hybridized carbons (Fsp3) is 1.00. The fourth-order valence-electron chi connectivity index (χ4n) is 4.22. The lowest BCUT2D eigenvalue weighted by Crippen LogP contribution is -2.48.